The smallest absolute Gasteiger partial charge is 0.0556 e. The van der Waals surface area contributed by atoms with E-state index in [1.54, 1.807) is 0 Å². The summed E-state index contributed by atoms with van der Waals surface area (Å²) in [5.41, 5.74) is 1.82. The van der Waals surface area contributed by atoms with Gasteiger partial charge in [0.15, 0.2) is 0 Å². The molecule has 1 atom stereocenters. The van der Waals surface area contributed by atoms with Gasteiger partial charge < -0.3 is 5.32 Å². The summed E-state index contributed by atoms with van der Waals surface area (Å²) in [5, 5.41) is 7.97. The van der Waals surface area contributed by atoms with Crippen LogP contribution in [0.5, 0.6) is 0 Å². The van der Waals surface area contributed by atoms with Crippen molar-refractivity contribution in [3.63, 3.8) is 0 Å². The summed E-state index contributed by atoms with van der Waals surface area (Å²) in [6.45, 7) is 10.3. The van der Waals surface area contributed by atoms with Crippen LogP contribution in [0.15, 0.2) is 12.3 Å². The summed E-state index contributed by atoms with van der Waals surface area (Å²) in [7, 11) is 2.09. The Labute approximate surface area is 124 Å². The van der Waals surface area contributed by atoms with Crippen molar-refractivity contribution >= 4 is 0 Å². The first kappa shape index (κ1) is 15.6. The second-order valence-corrected chi connectivity index (χ2v) is 7.32. The highest BCUT2D eigenvalue weighted by Crippen LogP contribution is 2.43. The van der Waals surface area contributed by atoms with Gasteiger partial charge in [0.1, 0.15) is 0 Å². The van der Waals surface area contributed by atoms with Crippen LogP contribution in [0.3, 0.4) is 0 Å². The maximum atomic E-state index is 4.43. The van der Waals surface area contributed by atoms with Crippen molar-refractivity contribution in [1.82, 2.24) is 15.1 Å². The lowest BCUT2D eigenvalue weighted by Gasteiger charge is -2.39. The highest BCUT2D eigenvalue weighted by molar-refractivity contribution is 5.09. The summed E-state index contributed by atoms with van der Waals surface area (Å²) in [6.07, 6.45) is 7.34. The minimum absolute atomic E-state index is 0.457. The SMILES string of the molecule is CCn1nccc1C(NC)C1CCC(C(C)(C)C)CC1. The van der Waals surface area contributed by atoms with E-state index in [1.807, 2.05) is 6.20 Å². The topological polar surface area (TPSA) is 29.9 Å². The van der Waals surface area contributed by atoms with E-state index in [4.69, 9.17) is 0 Å². The van der Waals surface area contributed by atoms with Crippen LogP contribution >= 0.6 is 0 Å². The Morgan fingerprint density at radius 1 is 1.30 bits per heavy atom. The summed E-state index contributed by atoms with van der Waals surface area (Å²) in [4.78, 5) is 0. The van der Waals surface area contributed by atoms with Gasteiger partial charge in [0.2, 0.25) is 0 Å². The van der Waals surface area contributed by atoms with Crippen molar-refractivity contribution in [3.05, 3.63) is 18.0 Å². The highest BCUT2D eigenvalue weighted by atomic mass is 15.3. The molecular weight excluding hydrogens is 246 g/mol. The van der Waals surface area contributed by atoms with Gasteiger partial charge in [0.05, 0.1) is 11.7 Å². The lowest BCUT2D eigenvalue weighted by molar-refractivity contribution is 0.132. The lowest BCUT2D eigenvalue weighted by atomic mass is 9.68. The second-order valence-electron chi connectivity index (χ2n) is 7.32. The molecule has 1 N–H and O–H groups in total. The molecule has 1 aliphatic carbocycles. The fourth-order valence-corrected chi connectivity index (χ4v) is 3.81. The Morgan fingerprint density at radius 2 is 1.95 bits per heavy atom. The molecule has 0 aromatic carbocycles. The van der Waals surface area contributed by atoms with Gasteiger partial charge in [-0.3, -0.25) is 4.68 Å². The molecule has 0 saturated heterocycles. The molecule has 3 heteroatoms. The summed E-state index contributed by atoms with van der Waals surface area (Å²) < 4.78 is 2.14. The van der Waals surface area contributed by atoms with E-state index in [0.29, 0.717) is 11.5 Å². The van der Waals surface area contributed by atoms with Crippen LogP contribution in [0.2, 0.25) is 0 Å². The first-order valence-corrected chi connectivity index (χ1v) is 8.16. The zero-order valence-electron chi connectivity index (χ0n) is 13.8. The van der Waals surface area contributed by atoms with Crippen LogP contribution < -0.4 is 5.32 Å². The standard InChI is InChI=1S/C17H31N3/c1-6-20-15(11-12-19-20)16(18-5)13-7-9-14(10-8-13)17(2,3)4/h11-14,16,18H,6-10H2,1-5H3. The highest BCUT2D eigenvalue weighted by Gasteiger charge is 2.33. The maximum absolute atomic E-state index is 4.43. The van der Waals surface area contributed by atoms with Gasteiger partial charge in [-0.05, 0) is 63.0 Å². The first-order chi connectivity index (χ1) is 9.47. The fraction of sp³-hybridized carbons (Fsp3) is 0.824. The Morgan fingerprint density at radius 3 is 2.45 bits per heavy atom. The molecule has 0 amide bonds. The quantitative estimate of drug-likeness (QED) is 0.901. The van der Waals surface area contributed by atoms with Gasteiger partial charge in [-0.1, -0.05) is 20.8 Å². The van der Waals surface area contributed by atoms with Crippen LogP contribution in [0.25, 0.3) is 0 Å². The molecule has 0 spiro atoms. The van der Waals surface area contributed by atoms with Gasteiger partial charge in [0, 0.05) is 12.7 Å². The Kier molecular flexibility index (Phi) is 4.90. The second kappa shape index (κ2) is 6.30. The lowest BCUT2D eigenvalue weighted by Crippen LogP contribution is -2.33. The van der Waals surface area contributed by atoms with Crippen molar-refractivity contribution < 1.29 is 0 Å². The van der Waals surface area contributed by atoms with E-state index in [2.05, 4.69) is 55.9 Å². The Balaban J connectivity index is 2.04. The molecule has 1 aromatic heterocycles. The van der Waals surface area contributed by atoms with E-state index >= 15 is 0 Å². The van der Waals surface area contributed by atoms with Crippen LogP contribution in [0, 0.1) is 17.3 Å². The summed E-state index contributed by atoms with van der Waals surface area (Å²) >= 11 is 0. The molecule has 1 aromatic rings. The predicted molar refractivity (Wildman–Crippen MR) is 84.6 cm³/mol. The predicted octanol–water partition coefficient (Wildman–Crippen LogP) is 4.02. The third kappa shape index (κ3) is 3.25. The number of rotatable bonds is 4. The van der Waals surface area contributed by atoms with E-state index in [9.17, 15) is 0 Å². The number of nitrogens with one attached hydrogen (secondary N) is 1. The number of hydrogen-bond acceptors (Lipinski definition) is 2. The first-order valence-electron chi connectivity index (χ1n) is 8.16. The zero-order valence-corrected chi connectivity index (χ0v) is 13.8. The van der Waals surface area contributed by atoms with Gasteiger partial charge in [-0.15, -0.1) is 0 Å². The van der Waals surface area contributed by atoms with Gasteiger partial charge in [0.25, 0.3) is 0 Å². The molecule has 1 fully saturated rings. The number of aryl methyl sites for hydroxylation is 1. The van der Waals surface area contributed by atoms with Gasteiger partial charge in [-0.25, -0.2) is 0 Å². The molecule has 0 aliphatic heterocycles. The van der Waals surface area contributed by atoms with E-state index in [1.165, 1.54) is 31.4 Å². The van der Waals surface area contributed by atoms with E-state index in [0.717, 1.165) is 18.4 Å². The number of nitrogens with zero attached hydrogens (tertiary/aromatic N) is 2. The third-order valence-corrected chi connectivity index (χ3v) is 5.15. The van der Waals surface area contributed by atoms with Crippen molar-refractivity contribution in [3.8, 4) is 0 Å². The molecule has 1 unspecified atom stereocenters. The molecule has 0 radical (unpaired) electrons. The van der Waals surface area contributed by atoms with Crippen LogP contribution in [0.1, 0.15) is 65.1 Å². The number of hydrogen-bond donors (Lipinski definition) is 1. The van der Waals surface area contributed by atoms with Crippen molar-refractivity contribution in [2.45, 2.75) is 66.0 Å². The Bertz CT molecular complexity index is 408. The minimum Gasteiger partial charge on any atom is -0.311 e. The molecule has 3 nitrogen and oxygen atoms in total. The molecule has 1 saturated carbocycles. The van der Waals surface area contributed by atoms with Crippen LogP contribution in [0.4, 0.5) is 0 Å². The normalized spacial score (nSPS) is 25.6. The monoisotopic (exact) mass is 277 g/mol. The fourth-order valence-electron chi connectivity index (χ4n) is 3.81. The summed E-state index contributed by atoms with van der Waals surface area (Å²) in [6, 6.07) is 2.64. The van der Waals surface area contributed by atoms with Crippen LogP contribution in [-0.2, 0) is 6.54 Å². The molecule has 114 valence electrons. The summed E-state index contributed by atoms with van der Waals surface area (Å²) in [5.74, 6) is 1.63. The van der Waals surface area contributed by atoms with Crippen molar-refractivity contribution in [2.75, 3.05) is 7.05 Å². The van der Waals surface area contributed by atoms with Crippen molar-refractivity contribution in [1.29, 1.82) is 0 Å². The largest absolute Gasteiger partial charge is 0.311 e. The van der Waals surface area contributed by atoms with E-state index in [-0.39, 0.29) is 0 Å². The third-order valence-electron chi connectivity index (χ3n) is 5.15. The molecule has 2 rings (SSSR count). The molecule has 1 aliphatic rings. The van der Waals surface area contributed by atoms with Gasteiger partial charge >= 0.3 is 0 Å². The average Bonchev–Trinajstić information content (AvgIpc) is 2.87. The molecule has 1 heterocycles. The van der Waals surface area contributed by atoms with Gasteiger partial charge in [-0.2, -0.15) is 5.10 Å². The maximum Gasteiger partial charge on any atom is 0.0556 e. The van der Waals surface area contributed by atoms with Crippen LogP contribution in [-0.4, -0.2) is 16.8 Å². The zero-order chi connectivity index (χ0) is 14.8. The molecular formula is C17H31N3. The number of aromatic nitrogens is 2. The van der Waals surface area contributed by atoms with E-state index < -0.39 is 0 Å². The van der Waals surface area contributed by atoms with Crippen molar-refractivity contribution in [2.24, 2.45) is 17.3 Å². The average molecular weight is 277 g/mol. The Hall–Kier alpha value is -0.830. The minimum atomic E-state index is 0.457. The molecule has 20 heavy (non-hydrogen) atoms. The molecule has 0 bridgehead atoms.